The molecular weight excluding hydrogens is 384 g/mol. The SMILES string of the molecule is CN(C)CCN(Cc1ccc(F)c(F)c1)C(=O)c1n[nH]c2ccc([N+](=O)[O-])cc12. The number of likely N-dealkylation sites (N-methyl/N-ethyl adjacent to an activating group) is 1. The van der Waals surface area contributed by atoms with E-state index < -0.39 is 22.5 Å². The molecule has 0 aliphatic heterocycles. The molecule has 1 N–H and O–H groups in total. The zero-order chi connectivity index (χ0) is 21.1. The van der Waals surface area contributed by atoms with E-state index in [-0.39, 0.29) is 17.9 Å². The van der Waals surface area contributed by atoms with Crippen LogP contribution in [0.15, 0.2) is 36.4 Å². The molecule has 8 nitrogen and oxygen atoms in total. The molecule has 0 aliphatic rings. The molecule has 0 spiro atoms. The van der Waals surface area contributed by atoms with Crippen LogP contribution in [0.5, 0.6) is 0 Å². The number of non-ortho nitro benzene ring substituents is 1. The maximum Gasteiger partial charge on any atom is 0.275 e. The molecule has 1 heterocycles. The summed E-state index contributed by atoms with van der Waals surface area (Å²) in [5.74, 6) is -2.43. The van der Waals surface area contributed by atoms with Crippen molar-refractivity contribution in [1.29, 1.82) is 0 Å². The monoisotopic (exact) mass is 403 g/mol. The molecule has 10 heteroatoms. The fourth-order valence-electron chi connectivity index (χ4n) is 2.86. The molecule has 0 radical (unpaired) electrons. The zero-order valence-corrected chi connectivity index (χ0v) is 15.9. The van der Waals surface area contributed by atoms with Crippen LogP contribution in [0.1, 0.15) is 16.1 Å². The first kappa shape index (κ1) is 20.3. The number of nitro groups is 1. The quantitative estimate of drug-likeness (QED) is 0.483. The Labute approximate surface area is 164 Å². The molecule has 0 fully saturated rings. The molecule has 3 aromatic rings. The van der Waals surface area contributed by atoms with Crippen molar-refractivity contribution in [3.05, 3.63) is 69.4 Å². The van der Waals surface area contributed by atoms with Crippen LogP contribution in [0, 0.1) is 21.7 Å². The predicted molar refractivity (Wildman–Crippen MR) is 102 cm³/mol. The molecule has 0 saturated heterocycles. The number of rotatable bonds is 7. The summed E-state index contributed by atoms with van der Waals surface area (Å²) in [5, 5.41) is 18.1. The van der Waals surface area contributed by atoms with Gasteiger partial charge in [-0.05, 0) is 37.9 Å². The molecule has 0 atom stereocenters. The average Bonchev–Trinajstić information content (AvgIpc) is 3.10. The number of nitrogens with zero attached hydrogens (tertiary/aromatic N) is 4. The molecule has 1 amide bonds. The van der Waals surface area contributed by atoms with E-state index >= 15 is 0 Å². The number of aromatic amines is 1. The molecule has 2 aromatic carbocycles. The number of fused-ring (bicyclic) bond motifs is 1. The minimum atomic E-state index is -0.997. The van der Waals surface area contributed by atoms with Crippen LogP contribution in [0.4, 0.5) is 14.5 Å². The number of amides is 1. The molecular formula is C19H19F2N5O3. The Hall–Kier alpha value is -3.40. The van der Waals surface area contributed by atoms with Crippen LogP contribution >= 0.6 is 0 Å². The highest BCUT2D eigenvalue weighted by atomic mass is 19.2. The summed E-state index contributed by atoms with van der Waals surface area (Å²) in [5.41, 5.74) is 0.777. The van der Waals surface area contributed by atoms with Gasteiger partial charge in [-0.25, -0.2) is 8.78 Å². The summed E-state index contributed by atoms with van der Waals surface area (Å²) < 4.78 is 26.8. The van der Waals surface area contributed by atoms with Crippen molar-refractivity contribution >= 4 is 22.5 Å². The number of nitrogens with one attached hydrogen (secondary N) is 1. The largest absolute Gasteiger partial charge is 0.332 e. The van der Waals surface area contributed by atoms with E-state index in [0.29, 0.717) is 29.6 Å². The third kappa shape index (κ3) is 4.54. The van der Waals surface area contributed by atoms with Crippen LogP contribution in [0.2, 0.25) is 0 Å². The lowest BCUT2D eigenvalue weighted by Gasteiger charge is -2.24. The van der Waals surface area contributed by atoms with Crippen LogP contribution in [-0.2, 0) is 6.54 Å². The fourth-order valence-corrected chi connectivity index (χ4v) is 2.86. The number of halogens is 2. The average molecular weight is 403 g/mol. The molecule has 29 heavy (non-hydrogen) atoms. The first-order valence-electron chi connectivity index (χ1n) is 8.76. The lowest BCUT2D eigenvalue weighted by Crippen LogP contribution is -2.36. The third-order valence-electron chi connectivity index (χ3n) is 4.42. The lowest BCUT2D eigenvalue weighted by molar-refractivity contribution is -0.384. The van der Waals surface area contributed by atoms with E-state index in [9.17, 15) is 23.7 Å². The number of hydrogen-bond acceptors (Lipinski definition) is 5. The molecule has 0 unspecified atom stereocenters. The highest BCUT2D eigenvalue weighted by Crippen LogP contribution is 2.23. The number of hydrogen-bond donors (Lipinski definition) is 1. The normalized spacial score (nSPS) is 11.2. The number of carbonyl (C=O) groups excluding carboxylic acids is 1. The Kier molecular flexibility index (Phi) is 5.83. The standard InChI is InChI=1S/C19H19F2N5O3/c1-24(2)7-8-25(11-12-3-5-15(20)16(21)9-12)19(27)18-14-10-13(26(28)29)4-6-17(14)22-23-18/h3-6,9-10H,7-8,11H2,1-2H3,(H,22,23). The summed E-state index contributed by atoms with van der Waals surface area (Å²) in [6.07, 6.45) is 0. The Balaban J connectivity index is 1.95. The number of benzene rings is 2. The Bertz CT molecular complexity index is 1070. The van der Waals surface area contributed by atoms with E-state index in [1.165, 1.54) is 29.2 Å². The fraction of sp³-hybridized carbons (Fsp3) is 0.263. The van der Waals surface area contributed by atoms with Crippen LogP contribution < -0.4 is 0 Å². The first-order valence-corrected chi connectivity index (χ1v) is 8.76. The number of aromatic nitrogens is 2. The lowest BCUT2D eigenvalue weighted by atomic mass is 10.1. The summed E-state index contributed by atoms with van der Waals surface area (Å²) in [6.45, 7) is 0.860. The summed E-state index contributed by atoms with van der Waals surface area (Å²) in [6, 6.07) is 7.54. The predicted octanol–water partition coefficient (Wildman–Crippen LogP) is 2.95. The van der Waals surface area contributed by atoms with Crippen molar-refractivity contribution in [2.45, 2.75) is 6.54 Å². The molecule has 0 bridgehead atoms. The highest BCUT2D eigenvalue weighted by molar-refractivity contribution is 6.05. The second-order valence-corrected chi connectivity index (χ2v) is 6.84. The molecule has 0 saturated carbocycles. The van der Waals surface area contributed by atoms with Crippen molar-refractivity contribution in [3.63, 3.8) is 0 Å². The highest BCUT2D eigenvalue weighted by Gasteiger charge is 2.23. The van der Waals surface area contributed by atoms with E-state index in [4.69, 9.17) is 0 Å². The second kappa shape index (κ2) is 8.31. The molecule has 1 aromatic heterocycles. The maximum atomic E-state index is 13.6. The van der Waals surface area contributed by atoms with E-state index in [2.05, 4.69) is 10.2 Å². The number of carbonyl (C=O) groups is 1. The number of nitro benzene ring substituents is 1. The van der Waals surface area contributed by atoms with Crippen LogP contribution in [-0.4, -0.2) is 58.0 Å². The van der Waals surface area contributed by atoms with Gasteiger partial charge in [0, 0.05) is 37.2 Å². The van der Waals surface area contributed by atoms with Crippen molar-refractivity contribution in [3.8, 4) is 0 Å². The van der Waals surface area contributed by atoms with Gasteiger partial charge in [-0.3, -0.25) is 20.0 Å². The molecule has 152 valence electrons. The van der Waals surface area contributed by atoms with Gasteiger partial charge in [-0.15, -0.1) is 0 Å². The minimum Gasteiger partial charge on any atom is -0.332 e. The number of H-pyrrole nitrogens is 1. The zero-order valence-electron chi connectivity index (χ0n) is 15.9. The van der Waals surface area contributed by atoms with E-state index in [1.54, 1.807) is 0 Å². The van der Waals surface area contributed by atoms with Gasteiger partial charge in [0.25, 0.3) is 11.6 Å². The van der Waals surface area contributed by atoms with Crippen LogP contribution in [0.25, 0.3) is 10.9 Å². The van der Waals surface area contributed by atoms with Gasteiger partial charge < -0.3 is 9.80 Å². The topological polar surface area (TPSA) is 95.4 Å². The van der Waals surface area contributed by atoms with E-state index in [0.717, 1.165) is 12.1 Å². The third-order valence-corrected chi connectivity index (χ3v) is 4.42. The van der Waals surface area contributed by atoms with Gasteiger partial charge in [0.2, 0.25) is 0 Å². The second-order valence-electron chi connectivity index (χ2n) is 6.84. The van der Waals surface area contributed by atoms with Crippen molar-refractivity contribution in [2.75, 3.05) is 27.2 Å². The van der Waals surface area contributed by atoms with Gasteiger partial charge in [-0.1, -0.05) is 6.07 Å². The first-order chi connectivity index (χ1) is 13.8. The van der Waals surface area contributed by atoms with Gasteiger partial charge >= 0.3 is 0 Å². The van der Waals surface area contributed by atoms with Crippen LogP contribution in [0.3, 0.4) is 0 Å². The van der Waals surface area contributed by atoms with E-state index in [1.807, 2.05) is 19.0 Å². The molecule has 0 aliphatic carbocycles. The molecule has 3 rings (SSSR count). The van der Waals surface area contributed by atoms with Gasteiger partial charge in [-0.2, -0.15) is 5.10 Å². The smallest absolute Gasteiger partial charge is 0.275 e. The van der Waals surface area contributed by atoms with Crippen molar-refractivity contribution in [2.24, 2.45) is 0 Å². The summed E-state index contributed by atoms with van der Waals surface area (Å²) in [7, 11) is 3.68. The van der Waals surface area contributed by atoms with Gasteiger partial charge in [0.15, 0.2) is 17.3 Å². The Morgan fingerprint density at radius 1 is 1.14 bits per heavy atom. The Morgan fingerprint density at radius 3 is 2.55 bits per heavy atom. The minimum absolute atomic E-state index is 0.0324. The summed E-state index contributed by atoms with van der Waals surface area (Å²) >= 11 is 0. The Morgan fingerprint density at radius 2 is 1.90 bits per heavy atom. The summed E-state index contributed by atoms with van der Waals surface area (Å²) in [4.78, 5) is 27.0. The van der Waals surface area contributed by atoms with Crippen molar-refractivity contribution < 1.29 is 18.5 Å². The van der Waals surface area contributed by atoms with Crippen molar-refractivity contribution in [1.82, 2.24) is 20.0 Å². The maximum absolute atomic E-state index is 13.6. The van der Waals surface area contributed by atoms with Gasteiger partial charge in [0.1, 0.15) is 0 Å². The van der Waals surface area contributed by atoms with Gasteiger partial charge in [0.05, 0.1) is 10.4 Å².